The molecule has 2 aromatic carbocycles. The number of nitrogens with one attached hydrogen (secondary N) is 1. The Morgan fingerprint density at radius 2 is 1.72 bits per heavy atom. The Morgan fingerprint density at radius 3 is 2.22 bits per heavy atom. The molecule has 0 radical (unpaired) electrons. The number of hydrogen-bond acceptors (Lipinski definition) is 3. The summed E-state index contributed by atoms with van der Waals surface area (Å²) in [7, 11) is 0. The van der Waals surface area contributed by atoms with Crippen molar-refractivity contribution in [3.8, 4) is 0 Å². The van der Waals surface area contributed by atoms with Gasteiger partial charge in [-0.2, -0.15) is 26.3 Å². The van der Waals surface area contributed by atoms with E-state index in [1.54, 1.807) is 0 Å². The fourth-order valence-corrected chi connectivity index (χ4v) is 4.42. The van der Waals surface area contributed by atoms with E-state index in [0.717, 1.165) is 12.0 Å². The van der Waals surface area contributed by atoms with Crippen molar-refractivity contribution in [1.82, 2.24) is 5.32 Å². The number of ether oxygens (including phenoxy) is 1. The first-order chi connectivity index (χ1) is 16.8. The summed E-state index contributed by atoms with van der Waals surface area (Å²) >= 11 is 0. The lowest BCUT2D eigenvalue weighted by Crippen LogP contribution is -2.52. The highest BCUT2D eigenvalue weighted by Crippen LogP contribution is 2.39. The van der Waals surface area contributed by atoms with Crippen LogP contribution in [0.15, 0.2) is 53.5 Å². The van der Waals surface area contributed by atoms with Crippen molar-refractivity contribution >= 4 is 12.6 Å². The lowest BCUT2D eigenvalue weighted by atomic mass is 9.78. The Morgan fingerprint density at radius 1 is 1.11 bits per heavy atom. The SMILES string of the molecule is C=NC(=O)CC[C@H]1CC[C@@](CO[C@H](C)c2cc(C(F)(F)F)cc(C(F)(F)F)c2)(c2ccccc2)NC1. The first kappa shape index (κ1) is 27.9. The second-order valence-electron chi connectivity index (χ2n) is 9.12. The number of alkyl halides is 6. The first-order valence-corrected chi connectivity index (χ1v) is 11.5. The highest BCUT2D eigenvalue weighted by Gasteiger charge is 2.39. The summed E-state index contributed by atoms with van der Waals surface area (Å²) in [4.78, 5) is 14.9. The van der Waals surface area contributed by atoms with Crippen molar-refractivity contribution in [2.75, 3.05) is 13.2 Å². The molecule has 10 heteroatoms. The van der Waals surface area contributed by atoms with E-state index in [0.29, 0.717) is 37.9 Å². The van der Waals surface area contributed by atoms with Gasteiger partial charge in [0, 0.05) is 6.42 Å². The molecule has 1 amide bonds. The molecule has 4 nitrogen and oxygen atoms in total. The average molecular weight is 515 g/mol. The molecule has 1 heterocycles. The number of carbonyl (C=O) groups excluding carboxylic acids is 1. The maximum absolute atomic E-state index is 13.3. The van der Waals surface area contributed by atoms with Crippen LogP contribution in [0.3, 0.4) is 0 Å². The summed E-state index contributed by atoms with van der Waals surface area (Å²) in [5.41, 5.74) is -2.73. The number of rotatable bonds is 8. The Kier molecular flexibility index (Phi) is 8.61. The van der Waals surface area contributed by atoms with Gasteiger partial charge < -0.3 is 10.1 Å². The van der Waals surface area contributed by atoms with E-state index in [4.69, 9.17) is 4.74 Å². The monoisotopic (exact) mass is 514 g/mol. The van der Waals surface area contributed by atoms with Crippen LogP contribution in [-0.4, -0.2) is 25.8 Å². The van der Waals surface area contributed by atoms with Gasteiger partial charge in [0.25, 0.3) is 0 Å². The second-order valence-corrected chi connectivity index (χ2v) is 9.12. The van der Waals surface area contributed by atoms with Gasteiger partial charge in [-0.1, -0.05) is 30.3 Å². The first-order valence-electron chi connectivity index (χ1n) is 11.5. The largest absolute Gasteiger partial charge is 0.416 e. The third-order valence-electron chi connectivity index (χ3n) is 6.64. The lowest BCUT2D eigenvalue weighted by molar-refractivity contribution is -0.143. The van der Waals surface area contributed by atoms with Gasteiger partial charge >= 0.3 is 12.4 Å². The quantitative estimate of drug-likeness (QED) is 0.315. The van der Waals surface area contributed by atoms with Gasteiger partial charge in [-0.05, 0) is 74.7 Å². The number of aliphatic imine (C=N–C) groups is 1. The Labute approximate surface area is 205 Å². The molecule has 196 valence electrons. The molecule has 0 saturated carbocycles. The van der Waals surface area contributed by atoms with E-state index in [1.165, 1.54) is 6.92 Å². The van der Waals surface area contributed by atoms with E-state index in [2.05, 4.69) is 17.0 Å². The molecule has 0 aromatic heterocycles. The molecule has 1 fully saturated rings. The summed E-state index contributed by atoms with van der Waals surface area (Å²) in [6, 6.07) is 10.9. The summed E-state index contributed by atoms with van der Waals surface area (Å²) < 4.78 is 85.6. The summed E-state index contributed by atoms with van der Waals surface area (Å²) in [6.07, 6.45) is -8.58. The molecule has 36 heavy (non-hydrogen) atoms. The fraction of sp³-hybridized carbons (Fsp3) is 0.462. The molecular formula is C26H28F6N2O2. The zero-order chi connectivity index (χ0) is 26.6. The number of piperidine rings is 1. The molecule has 3 atom stereocenters. The summed E-state index contributed by atoms with van der Waals surface area (Å²) in [5, 5.41) is 3.48. The van der Waals surface area contributed by atoms with E-state index < -0.39 is 35.1 Å². The molecule has 0 aliphatic carbocycles. The predicted molar refractivity (Wildman–Crippen MR) is 123 cm³/mol. The molecule has 3 rings (SSSR count). The van der Waals surface area contributed by atoms with Crippen LogP contribution in [0.5, 0.6) is 0 Å². The highest BCUT2D eigenvalue weighted by molar-refractivity contribution is 5.80. The zero-order valence-electron chi connectivity index (χ0n) is 19.8. The van der Waals surface area contributed by atoms with Crippen LogP contribution in [-0.2, 0) is 27.4 Å². The molecular weight excluding hydrogens is 486 g/mol. The van der Waals surface area contributed by atoms with Crippen LogP contribution in [0.25, 0.3) is 0 Å². The molecule has 1 N–H and O–H groups in total. The maximum Gasteiger partial charge on any atom is 0.416 e. The van der Waals surface area contributed by atoms with Crippen LogP contribution in [0.1, 0.15) is 61.0 Å². The van der Waals surface area contributed by atoms with E-state index in [-0.39, 0.29) is 30.1 Å². The third-order valence-corrected chi connectivity index (χ3v) is 6.64. The van der Waals surface area contributed by atoms with E-state index in [1.807, 2.05) is 30.3 Å². The number of halogens is 6. The minimum Gasteiger partial charge on any atom is -0.372 e. The molecule has 2 aromatic rings. The van der Waals surface area contributed by atoms with Crippen molar-refractivity contribution < 1.29 is 35.9 Å². The van der Waals surface area contributed by atoms with Crippen LogP contribution >= 0.6 is 0 Å². The normalized spacial score (nSPS) is 21.7. The maximum atomic E-state index is 13.3. The van der Waals surface area contributed by atoms with Crippen LogP contribution in [0, 0.1) is 5.92 Å². The Balaban J connectivity index is 1.80. The fourth-order valence-electron chi connectivity index (χ4n) is 4.42. The van der Waals surface area contributed by atoms with Crippen LogP contribution < -0.4 is 5.32 Å². The number of carbonyl (C=O) groups is 1. The Hall–Kier alpha value is -2.72. The van der Waals surface area contributed by atoms with E-state index in [9.17, 15) is 31.1 Å². The lowest BCUT2D eigenvalue weighted by Gasteiger charge is -2.42. The zero-order valence-corrected chi connectivity index (χ0v) is 19.8. The van der Waals surface area contributed by atoms with Crippen molar-refractivity contribution in [2.45, 2.75) is 56.6 Å². The van der Waals surface area contributed by atoms with Gasteiger partial charge in [0.1, 0.15) is 0 Å². The number of hydrogen-bond donors (Lipinski definition) is 1. The van der Waals surface area contributed by atoms with Gasteiger partial charge in [-0.25, -0.2) is 4.99 Å². The molecule has 1 saturated heterocycles. The van der Waals surface area contributed by atoms with Gasteiger partial charge in [-0.15, -0.1) is 0 Å². The minimum atomic E-state index is -4.93. The summed E-state index contributed by atoms with van der Waals surface area (Å²) in [6.45, 7) is 5.28. The van der Waals surface area contributed by atoms with Gasteiger partial charge in [0.2, 0.25) is 5.91 Å². The van der Waals surface area contributed by atoms with Gasteiger partial charge in [0.15, 0.2) is 0 Å². The standard InChI is InChI=1S/C26H28F6N2O2/c1-17(19-12-21(25(27,28)29)14-22(13-19)26(30,31)32)36-16-24(20-6-4-3-5-7-20)11-10-18(15-34-24)8-9-23(35)33-2/h3-7,12-14,17-18,34H,2,8-11,15-16H2,1H3/t17-,18+,24-/m1/s1. The van der Waals surface area contributed by atoms with Crippen molar-refractivity contribution in [2.24, 2.45) is 10.9 Å². The average Bonchev–Trinajstić information content (AvgIpc) is 2.85. The molecule has 1 aliphatic rings. The van der Waals surface area contributed by atoms with Crippen LogP contribution in [0.4, 0.5) is 26.3 Å². The highest BCUT2D eigenvalue weighted by atomic mass is 19.4. The van der Waals surface area contributed by atoms with E-state index >= 15 is 0 Å². The molecule has 0 unspecified atom stereocenters. The van der Waals surface area contributed by atoms with Crippen LogP contribution in [0.2, 0.25) is 0 Å². The van der Waals surface area contributed by atoms with Gasteiger partial charge in [0.05, 0.1) is 29.4 Å². The predicted octanol–water partition coefficient (Wildman–Crippen LogP) is 6.70. The number of benzene rings is 2. The topological polar surface area (TPSA) is 50.7 Å². The van der Waals surface area contributed by atoms with Gasteiger partial charge in [-0.3, -0.25) is 4.79 Å². The number of amides is 1. The van der Waals surface area contributed by atoms with Crippen molar-refractivity contribution in [1.29, 1.82) is 0 Å². The smallest absolute Gasteiger partial charge is 0.372 e. The molecule has 1 aliphatic heterocycles. The minimum absolute atomic E-state index is 0.0373. The molecule has 0 bridgehead atoms. The number of nitrogens with zero attached hydrogens (tertiary/aromatic N) is 1. The van der Waals surface area contributed by atoms with Crippen molar-refractivity contribution in [3.05, 3.63) is 70.8 Å². The van der Waals surface area contributed by atoms with Crippen molar-refractivity contribution in [3.63, 3.8) is 0 Å². The molecule has 0 spiro atoms. The second kappa shape index (κ2) is 11.1. The summed E-state index contributed by atoms with van der Waals surface area (Å²) in [5.74, 6) is -0.0610. The Bertz CT molecular complexity index is 1010. The third kappa shape index (κ3) is 6.94.